The molecule has 3 aromatic rings. The Labute approximate surface area is 126 Å². The van der Waals surface area contributed by atoms with Crippen LogP contribution in [0.5, 0.6) is 0 Å². The van der Waals surface area contributed by atoms with Crippen LogP contribution in [0.3, 0.4) is 0 Å². The smallest absolute Gasteiger partial charge is 0.268 e. The highest BCUT2D eigenvalue weighted by Gasteiger charge is 2.28. The molecule has 4 heteroatoms. The topological polar surface area (TPSA) is 46.3 Å². The zero-order valence-electron chi connectivity index (χ0n) is 11.4. The van der Waals surface area contributed by atoms with E-state index in [4.69, 9.17) is 5.73 Å². The first-order chi connectivity index (χ1) is 10.2. The summed E-state index contributed by atoms with van der Waals surface area (Å²) in [6.07, 6.45) is 0.872. The molecule has 0 radical (unpaired) electrons. The highest BCUT2D eigenvalue weighted by Crippen LogP contribution is 2.36. The second-order valence-electron chi connectivity index (χ2n) is 5.21. The largest absolute Gasteiger partial charge is 0.397 e. The molecule has 2 N–H and O–H groups in total. The number of thiophene rings is 1. The van der Waals surface area contributed by atoms with Crippen molar-refractivity contribution in [3.8, 4) is 0 Å². The van der Waals surface area contributed by atoms with Crippen molar-refractivity contribution in [2.45, 2.75) is 6.42 Å². The molecular weight excluding hydrogens is 280 g/mol. The van der Waals surface area contributed by atoms with Gasteiger partial charge in [0, 0.05) is 11.2 Å². The molecule has 1 aromatic heterocycles. The summed E-state index contributed by atoms with van der Waals surface area (Å²) in [7, 11) is 0. The Morgan fingerprint density at radius 1 is 1.14 bits per heavy atom. The number of hydrogen-bond acceptors (Lipinski definition) is 3. The lowest BCUT2D eigenvalue weighted by Crippen LogP contribution is -2.28. The molecule has 2 heterocycles. The van der Waals surface area contributed by atoms with Gasteiger partial charge in [0.15, 0.2) is 0 Å². The maximum absolute atomic E-state index is 12.8. The highest BCUT2D eigenvalue weighted by atomic mass is 32.1. The van der Waals surface area contributed by atoms with Crippen molar-refractivity contribution in [1.82, 2.24) is 0 Å². The predicted octanol–water partition coefficient (Wildman–Crippen LogP) is 3.69. The first-order valence-electron chi connectivity index (χ1n) is 6.92. The van der Waals surface area contributed by atoms with Gasteiger partial charge in [0.25, 0.3) is 5.91 Å². The summed E-state index contributed by atoms with van der Waals surface area (Å²) in [5, 5.41) is 1.12. The monoisotopic (exact) mass is 294 g/mol. The van der Waals surface area contributed by atoms with E-state index in [0.29, 0.717) is 12.2 Å². The van der Waals surface area contributed by atoms with Gasteiger partial charge in [-0.1, -0.05) is 30.3 Å². The molecule has 4 rings (SSSR count). The van der Waals surface area contributed by atoms with Crippen LogP contribution < -0.4 is 10.6 Å². The van der Waals surface area contributed by atoms with Gasteiger partial charge in [-0.2, -0.15) is 0 Å². The van der Waals surface area contributed by atoms with Crippen molar-refractivity contribution in [3.63, 3.8) is 0 Å². The van der Waals surface area contributed by atoms with Crippen molar-refractivity contribution in [3.05, 3.63) is 59.0 Å². The Morgan fingerprint density at radius 3 is 2.86 bits per heavy atom. The zero-order chi connectivity index (χ0) is 14.4. The number of anilines is 2. The van der Waals surface area contributed by atoms with Crippen LogP contribution in [0.25, 0.3) is 10.1 Å². The second kappa shape index (κ2) is 4.60. The van der Waals surface area contributed by atoms with E-state index in [9.17, 15) is 4.79 Å². The molecule has 2 aromatic carbocycles. The lowest BCUT2D eigenvalue weighted by molar-refractivity contribution is 0.0993. The number of fused-ring (bicyclic) bond motifs is 2. The Hall–Kier alpha value is -2.33. The standard InChI is InChI=1S/C17H14N2OS/c18-13-6-3-5-11-8-9-19(16(11)13)17(20)15-10-12-4-1-2-7-14(12)21-15/h1-7,10H,8-9,18H2. The van der Waals surface area contributed by atoms with Gasteiger partial charge in [-0.3, -0.25) is 4.79 Å². The summed E-state index contributed by atoms with van der Waals surface area (Å²) in [6.45, 7) is 0.705. The number of nitrogens with two attached hydrogens (primary N) is 1. The number of nitrogen functional groups attached to an aromatic ring is 1. The quantitative estimate of drug-likeness (QED) is 0.696. The second-order valence-corrected chi connectivity index (χ2v) is 6.29. The van der Waals surface area contributed by atoms with Crippen molar-refractivity contribution < 1.29 is 4.79 Å². The van der Waals surface area contributed by atoms with Crippen LogP contribution in [-0.4, -0.2) is 12.5 Å². The molecule has 3 nitrogen and oxygen atoms in total. The summed E-state index contributed by atoms with van der Waals surface area (Å²) in [4.78, 5) is 15.4. The van der Waals surface area contributed by atoms with Crippen molar-refractivity contribution in [2.24, 2.45) is 0 Å². The molecule has 0 saturated carbocycles. The third-order valence-corrected chi connectivity index (χ3v) is 5.01. The van der Waals surface area contributed by atoms with E-state index in [1.807, 2.05) is 53.4 Å². The fraction of sp³-hybridized carbons (Fsp3) is 0.118. The Balaban J connectivity index is 1.77. The number of benzene rings is 2. The van der Waals surface area contributed by atoms with Crippen LogP contribution in [0, 0.1) is 0 Å². The molecule has 0 bridgehead atoms. The van der Waals surface area contributed by atoms with E-state index in [2.05, 4.69) is 0 Å². The molecule has 0 unspecified atom stereocenters. The van der Waals surface area contributed by atoms with E-state index in [0.717, 1.165) is 32.6 Å². The van der Waals surface area contributed by atoms with Gasteiger partial charge in [0.1, 0.15) is 0 Å². The average molecular weight is 294 g/mol. The van der Waals surface area contributed by atoms with Crippen LogP contribution in [0.2, 0.25) is 0 Å². The Kier molecular flexibility index (Phi) is 2.72. The summed E-state index contributed by atoms with van der Waals surface area (Å²) < 4.78 is 1.14. The molecule has 1 amide bonds. The fourth-order valence-electron chi connectivity index (χ4n) is 2.91. The number of rotatable bonds is 1. The lowest BCUT2D eigenvalue weighted by Gasteiger charge is -2.18. The Bertz CT molecular complexity index is 820. The van der Waals surface area contributed by atoms with Crippen LogP contribution in [-0.2, 0) is 6.42 Å². The fourth-order valence-corrected chi connectivity index (χ4v) is 3.92. The highest BCUT2D eigenvalue weighted by molar-refractivity contribution is 7.20. The van der Waals surface area contributed by atoms with Crippen molar-refractivity contribution in [1.29, 1.82) is 0 Å². The van der Waals surface area contributed by atoms with E-state index in [1.165, 1.54) is 0 Å². The summed E-state index contributed by atoms with van der Waals surface area (Å²) in [5.41, 5.74) is 8.79. The summed E-state index contributed by atoms with van der Waals surface area (Å²) >= 11 is 1.54. The zero-order valence-corrected chi connectivity index (χ0v) is 12.2. The third kappa shape index (κ3) is 1.91. The number of carbonyl (C=O) groups excluding carboxylic acids is 1. The first-order valence-corrected chi connectivity index (χ1v) is 7.73. The van der Waals surface area contributed by atoms with Gasteiger partial charge >= 0.3 is 0 Å². The van der Waals surface area contributed by atoms with Gasteiger partial charge < -0.3 is 10.6 Å². The lowest BCUT2D eigenvalue weighted by atomic mass is 10.1. The van der Waals surface area contributed by atoms with Gasteiger partial charge in [0.05, 0.1) is 16.3 Å². The van der Waals surface area contributed by atoms with Crippen LogP contribution in [0.15, 0.2) is 48.5 Å². The molecule has 0 aliphatic carbocycles. The van der Waals surface area contributed by atoms with Gasteiger partial charge in [-0.05, 0) is 35.6 Å². The minimum Gasteiger partial charge on any atom is -0.397 e. The normalized spacial score (nSPS) is 13.6. The van der Waals surface area contributed by atoms with E-state index in [1.54, 1.807) is 11.3 Å². The number of hydrogen-bond donors (Lipinski definition) is 1. The number of nitrogens with zero attached hydrogens (tertiary/aromatic N) is 1. The summed E-state index contributed by atoms with van der Waals surface area (Å²) in [6, 6.07) is 15.9. The van der Waals surface area contributed by atoms with Crippen LogP contribution >= 0.6 is 11.3 Å². The predicted molar refractivity (Wildman–Crippen MR) is 88.1 cm³/mol. The molecule has 0 fully saturated rings. The van der Waals surface area contributed by atoms with Crippen molar-refractivity contribution in [2.75, 3.05) is 17.2 Å². The molecule has 0 saturated heterocycles. The minimum atomic E-state index is 0.0489. The molecule has 104 valence electrons. The van der Waals surface area contributed by atoms with Crippen molar-refractivity contribution >= 4 is 38.7 Å². The molecule has 21 heavy (non-hydrogen) atoms. The molecule has 0 atom stereocenters. The molecular formula is C17H14N2OS. The van der Waals surface area contributed by atoms with Gasteiger partial charge in [0.2, 0.25) is 0 Å². The maximum atomic E-state index is 12.8. The van der Waals surface area contributed by atoms with Gasteiger partial charge in [-0.25, -0.2) is 0 Å². The Morgan fingerprint density at radius 2 is 2.00 bits per heavy atom. The third-order valence-electron chi connectivity index (χ3n) is 3.91. The van der Waals surface area contributed by atoms with Crippen LogP contribution in [0.1, 0.15) is 15.2 Å². The molecule has 1 aliphatic heterocycles. The molecule has 0 spiro atoms. The average Bonchev–Trinajstić information content (AvgIpc) is 3.11. The van der Waals surface area contributed by atoms with E-state index < -0.39 is 0 Å². The first kappa shape index (κ1) is 12.4. The number of carbonyl (C=O) groups is 1. The van der Waals surface area contributed by atoms with Gasteiger partial charge in [-0.15, -0.1) is 11.3 Å². The SMILES string of the molecule is Nc1cccc2c1N(C(=O)c1cc3ccccc3s1)CC2. The number of para-hydroxylation sites is 1. The van der Waals surface area contributed by atoms with E-state index >= 15 is 0 Å². The molecule has 1 aliphatic rings. The van der Waals surface area contributed by atoms with E-state index in [-0.39, 0.29) is 5.91 Å². The van der Waals surface area contributed by atoms with Crippen LogP contribution in [0.4, 0.5) is 11.4 Å². The minimum absolute atomic E-state index is 0.0489. The number of amides is 1. The maximum Gasteiger partial charge on any atom is 0.268 e. The summed E-state index contributed by atoms with van der Waals surface area (Å²) in [5.74, 6) is 0.0489.